The molecule has 1 atom stereocenters. The Bertz CT molecular complexity index is 67.3. The molecule has 0 amide bonds. The summed E-state index contributed by atoms with van der Waals surface area (Å²) >= 11 is 5.60. The van der Waals surface area contributed by atoms with Crippen molar-refractivity contribution in [3.8, 4) is 0 Å². The molecule has 0 rings (SSSR count). The Labute approximate surface area is 64.5 Å². The summed E-state index contributed by atoms with van der Waals surface area (Å²) in [6.45, 7) is 6.02. The van der Waals surface area contributed by atoms with E-state index in [1.54, 1.807) is 0 Å². The molecule has 54 valence electrons. The maximum Gasteiger partial charge on any atom is 0.0619 e. The highest BCUT2D eigenvalue weighted by molar-refractivity contribution is 6.64. The third kappa shape index (κ3) is 4.73. The van der Waals surface area contributed by atoms with Crippen molar-refractivity contribution in [3.05, 3.63) is 12.3 Å². The molecule has 0 aliphatic rings. The monoisotopic (exact) mass is 162 g/mol. The van der Waals surface area contributed by atoms with Crippen LogP contribution in [-0.4, -0.2) is 14.7 Å². The van der Waals surface area contributed by atoms with E-state index in [0.29, 0.717) is 0 Å². The predicted molar refractivity (Wildman–Crippen MR) is 48.0 cm³/mol. The van der Waals surface area contributed by atoms with Gasteiger partial charge in [-0.1, -0.05) is 19.4 Å². The van der Waals surface area contributed by atoms with E-state index in [-0.39, 0.29) is 0 Å². The quantitative estimate of drug-likeness (QED) is 0.431. The SMILES string of the molecule is C=C[SiH](CCC)CCCl. The molecule has 0 aliphatic heterocycles. The molecule has 0 saturated heterocycles. The zero-order chi connectivity index (χ0) is 7.11. The van der Waals surface area contributed by atoms with E-state index in [1.165, 1.54) is 18.5 Å². The van der Waals surface area contributed by atoms with Gasteiger partial charge in [-0.25, -0.2) is 0 Å². The van der Waals surface area contributed by atoms with E-state index in [2.05, 4.69) is 19.2 Å². The van der Waals surface area contributed by atoms with Crippen LogP contribution in [0.1, 0.15) is 13.3 Å². The summed E-state index contributed by atoms with van der Waals surface area (Å²) in [6.07, 6.45) is 1.29. The van der Waals surface area contributed by atoms with E-state index >= 15 is 0 Å². The Morgan fingerprint density at radius 3 is 2.56 bits per heavy atom. The maximum atomic E-state index is 5.60. The zero-order valence-corrected chi connectivity index (χ0v) is 7.98. The number of alkyl halides is 1. The molecular weight excluding hydrogens is 148 g/mol. The van der Waals surface area contributed by atoms with Gasteiger partial charge >= 0.3 is 0 Å². The predicted octanol–water partition coefficient (Wildman–Crippen LogP) is 2.59. The van der Waals surface area contributed by atoms with Crippen LogP contribution < -0.4 is 0 Å². The van der Waals surface area contributed by atoms with Crippen molar-refractivity contribution in [1.82, 2.24) is 0 Å². The van der Waals surface area contributed by atoms with Crippen LogP contribution in [0.3, 0.4) is 0 Å². The van der Waals surface area contributed by atoms with Crippen LogP contribution in [0, 0.1) is 0 Å². The maximum absolute atomic E-state index is 5.60. The van der Waals surface area contributed by atoms with Crippen molar-refractivity contribution in [3.63, 3.8) is 0 Å². The van der Waals surface area contributed by atoms with Crippen molar-refractivity contribution < 1.29 is 0 Å². The minimum absolute atomic E-state index is 0.581. The Balaban J connectivity index is 3.29. The second-order valence-electron chi connectivity index (χ2n) is 2.26. The van der Waals surface area contributed by atoms with Crippen molar-refractivity contribution in [2.45, 2.75) is 25.4 Å². The fourth-order valence-electron chi connectivity index (χ4n) is 0.891. The summed E-state index contributed by atoms with van der Waals surface area (Å²) in [7, 11) is -0.581. The lowest BCUT2D eigenvalue weighted by molar-refractivity contribution is 1.06. The average molecular weight is 163 g/mol. The van der Waals surface area contributed by atoms with E-state index in [0.717, 1.165) is 5.88 Å². The largest absolute Gasteiger partial charge is 0.127 e. The third-order valence-electron chi connectivity index (χ3n) is 1.47. The fraction of sp³-hybridized carbons (Fsp3) is 0.714. The summed E-state index contributed by atoms with van der Waals surface area (Å²) in [5.41, 5.74) is 2.14. The van der Waals surface area contributed by atoms with Gasteiger partial charge in [0.25, 0.3) is 0 Å². The van der Waals surface area contributed by atoms with Crippen LogP contribution in [0.2, 0.25) is 12.1 Å². The molecule has 0 aromatic rings. The van der Waals surface area contributed by atoms with Gasteiger partial charge in [0.1, 0.15) is 0 Å². The van der Waals surface area contributed by atoms with Gasteiger partial charge in [0, 0.05) is 5.88 Å². The Kier molecular flexibility index (Phi) is 6.54. The molecule has 1 unspecified atom stereocenters. The molecule has 0 fully saturated rings. The van der Waals surface area contributed by atoms with Crippen LogP contribution in [0.25, 0.3) is 0 Å². The van der Waals surface area contributed by atoms with E-state index in [9.17, 15) is 0 Å². The lowest BCUT2D eigenvalue weighted by atomic mass is 10.6. The summed E-state index contributed by atoms with van der Waals surface area (Å²) in [6, 6.07) is 2.59. The Morgan fingerprint density at radius 2 is 2.22 bits per heavy atom. The first-order chi connectivity index (χ1) is 4.35. The van der Waals surface area contributed by atoms with Crippen LogP contribution in [0.4, 0.5) is 0 Å². The first-order valence-corrected chi connectivity index (χ1v) is 6.37. The number of halogens is 1. The highest BCUT2D eigenvalue weighted by atomic mass is 35.5. The van der Waals surface area contributed by atoms with E-state index < -0.39 is 8.80 Å². The van der Waals surface area contributed by atoms with Gasteiger partial charge in [0.15, 0.2) is 0 Å². The molecule has 0 heterocycles. The molecule has 0 radical (unpaired) electrons. The normalized spacial score (nSPS) is 13.1. The highest BCUT2D eigenvalue weighted by Gasteiger charge is 2.01. The summed E-state index contributed by atoms with van der Waals surface area (Å²) in [5, 5.41) is 0. The third-order valence-corrected chi connectivity index (χ3v) is 5.07. The molecule has 0 N–H and O–H groups in total. The lowest BCUT2D eigenvalue weighted by Gasteiger charge is -2.04. The minimum atomic E-state index is -0.581. The second kappa shape index (κ2) is 6.37. The van der Waals surface area contributed by atoms with Gasteiger partial charge in [0.05, 0.1) is 8.80 Å². The molecule has 2 heteroatoms. The molecule has 0 aromatic heterocycles. The Morgan fingerprint density at radius 1 is 1.56 bits per heavy atom. The highest BCUT2D eigenvalue weighted by Crippen LogP contribution is 2.04. The molecular formula is C7H15ClSi. The van der Waals surface area contributed by atoms with Gasteiger partial charge in [-0.2, -0.15) is 0 Å². The molecule has 0 bridgehead atoms. The number of hydrogen-bond donors (Lipinski definition) is 0. The molecule has 0 saturated carbocycles. The molecule has 0 aromatic carbocycles. The van der Waals surface area contributed by atoms with Crippen LogP contribution >= 0.6 is 11.6 Å². The fourth-order valence-corrected chi connectivity index (χ4v) is 3.51. The first-order valence-electron chi connectivity index (χ1n) is 3.53. The van der Waals surface area contributed by atoms with Gasteiger partial charge < -0.3 is 0 Å². The molecule has 9 heavy (non-hydrogen) atoms. The zero-order valence-electron chi connectivity index (χ0n) is 6.07. The van der Waals surface area contributed by atoms with Gasteiger partial charge in [-0.3, -0.25) is 0 Å². The first kappa shape index (κ1) is 9.25. The van der Waals surface area contributed by atoms with Crippen LogP contribution in [0.5, 0.6) is 0 Å². The summed E-state index contributed by atoms with van der Waals surface area (Å²) in [4.78, 5) is 0. The number of rotatable bonds is 5. The summed E-state index contributed by atoms with van der Waals surface area (Å²) in [5.74, 6) is 0.822. The average Bonchev–Trinajstić information content (AvgIpc) is 1.88. The van der Waals surface area contributed by atoms with Crippen LogP contribution in [-0.2, 0) is 0 Å². The van der Waals surface area contributed by atoms with Gasteiger partial charge in [-0.15, -0.1) is 23.9 Å². The lowest BCUT2D eigenvalue weighted by Crippen LogP contribution is -2.07. The Hall–Kier alpha value is 0.247. The van der Waals surface area contributed by atoms with Gasteiger partial charge in [-0.05, 0) is 6.04 Å². The van der Waals surface area contributed by atoms with E-state index in [4.69, 9.17) is 11.6 Å². The van der Waals surface area contributed by atoms with Crippen molar-refractivity contribution in [2.24, 2.45) is 0 Å². The second-order valence-corrected chi connectivity index (χ2v) is 5.79. The molecule has 0 nitrogen and oxygen atoms in total. The minimum Gasteiger partial charge on any atom is -0.127 e. The number of hydrogen-bond acceptors (Lipinski definition) is 0. The smallest absolute Gasteiger partial charge is 0.0619 e. The molecule has 0 aliphatic carbocycles. The van der Waals surface area contributed by atoms with Crippen molar-refractivity contribution in [2.75, 3.05) is 5.88 Å². The summed E-state index contributed by atoms with van der Waals surface area (Å²) < 4.78 is 0. The van der Waals surface area contributed by atoms with Crippen LogP contribution in [0.15, 0.2) is 12.3 Å². The van der Waals surface area contributed by atoms with E-state index in [1.807, 2.05) is 0 Å². The standard InChI is InChI=1S/C7H15ClSi/c1-3-6-9(4-2)7-5-8/h4,9H,2-3,5-7H2,1H3. The van der Waals surface area contributed by atoms with Crippen molar-refractivity contribution >= 4 is 20.4 Å². The van der Waals surface area contributed by atoms with Gasteiger partial charge in [0.2, 0.25) is 0 Å². The topological polar surface area (TPSA) is 0 Å². The molecule has 0 spiro atoms. The van der Waals surface area contributed by atoms with Crippen molar-refractivity contribution in [1.29, 1.82) is 0 Å².